The number of methoxy groups -OCH3 is 1. The molecule has 0 unspecified atom stereocenters. The summed E-state index contributed by atoms with van der Waals surface area (Å²) in [6.45, 7) is 1.50. The van der Waals surface area contributed by atoms with Crippen molar-refractivity contribution in [2.75, 3.05) is 20.3 Å². The minimum absolute atomic E-state index is 0.308. The third-order valence-corrected chi connectivity index (χ3v) is 5.10. The second-order valence-corrected chi connectivity index (χ2v) is 6.82. The quantitative estimate of drug-likeness (QED) is 0.588. The number of hydrogen-bond acceptors (Lipinski definition) is 6. The predicted octanol–water partition coefficient (Wildman–Crippen LogP) is 3.11. The number of aromatic amines is 1. The van der Waals surface area contributed by atoms with Gasteiger partial charge in [0.05, 0.1) is 12.8 Å². The Balaban J connectivity index is 1.62. The number of fused-ring (bicyclic) bond motifs is 1. The zero-order valence-corrected chi connectivity index (χ0v) is 15.5. The predicted molar refractivity (Wildman–Crippen MR) is 104 cm³/mol. The van der Waals surface area contributed by atoms with E-state index in [2.05, 4.69) is 15.4 Å². The van der Waals surface area contributed by atoms with Gasteiger partial charge in [-0.25, -0.2) is 9.67 Å². The minimum Gasteiger partial charge on any atom is -0.497 e. The van der Waals surface area contributed by atoms with Crippen molar-refractivity contribution in [3.05, 3.63) is 48.3 Å². The smallest absolute Gasteiger partial charge is 0.163 e. The number of ether oxygens (including phenoxy) is 2. The fourth-order valence-electron chi connectivity index (χ4n) is 3.53. The molecule has 0 spiro atoms. The number of benzene rings is 2. The monoisotopic (exact) mass is 376 g/mol. The number of aromatic nitrogens is 6. The van der Waals surface area contributed by atoms with Gasteiger partial charge in [-0.1, -0.05) is 0 Å². The van der Waals surface area contributed by atoms with Crippen LogP contribution in [0.15, 0.2) is 42.5 Å². The van der Waals surface area contributed by atoms with Crippen molar-refractivity contribution in [1.82, 2.24) is 30.2 Å². The molecule has 0 radical (unpaired) electrons. The van der Waals surface area contributed by atoms with E-state index in [0.29, 0.717) is 5.92 Å². The topological polar surface area (TPSA) is 90.7 Å². The molecule has 1 saturated heterocycles. The van der Waals surface area contributed by atoms with Crippen molar-refractivity contribution in [2.45, 2.75) is 18.8 Å². The Morgan fingerprint density at radius 3 is 2.61 bits per heavy atom. The van der Waals surface area contributed by atoms with E-state index in [1.807, 2.05) is 47.1 Å². The molecule has 2 aromatic carbocycles. The van der Waals surface area contributed by atoms with Crippen molar-refractivity contribution in [1.29, 1.82) is 0 Å². The number of nitrogens with zero attached hydrogens (tertiary/aromatic N) is 5. The highest BCUT2D eigenvalue weighted by molar-refractivity contribution is 5.79. The fraction of sp³-hybridized carbons (Fsp3) is 0.300. The second-order valence-electron chi connectivity index (χ2n) is 6.82. The van der Waals surface area contributed by atoms with Gasteiger partial charge in [0.25, 0.3) is 0 Å². The van der Waals surface area contributed by atoms with Gasteiger partial charge in [0.1, 0.15) is 16.8 Å². The van der Waals surface area contributed by atoms with Gasteiger partial charge >= 0.3 is 0 Å². The standard InChI is InChI=1S/C20H20N6O2/c1-27-16-5-3-15(4-6-16)26-20(14-2-7-17-18(12-14)23-25-22-17)21-19(24-26)13-8-10-28-11-9-13/h2-7,12-13H,8-11H2,1H3,(H,22,23,25). The molecule has 3 heterocycles. The van der Waals surface area contributed by atoms with Crippen LogP contribution in [0.3, 0.4) is 0 Å². The van der Waals surface area contributed by atoms with Gasteiger partial charge in [0, 0.05) is 24.7 Å². The first-order chi connectivity index (χ1) is 13.8. The fourth-order valence-corrected chi connectivity index (χ4v) is 3.53. The van der Waals surface area contributed by atoms with Gasteiger partial charge in [-0.3, -0.25) is 0 Å². The Labute approximate surface area is 161 Å². The molecule has 0 saturated carbocycles. The van der Waals surface area contributed by atoms with Crippen molar-refractivity contribution in [3.63, 3.8) is 0 Å². The molecule has 2 aromatic heterocycles. The number of H-pyrrole nitrogens is 1. The average Bonchev–Trinajstić information content (AvgIpc) is 3.41. The molecule has 1 fully saturated rings. The molecule has 1 N–H and O–H groups in total. The summed E-state index contributed by atoms with van der Waals surface area (Å²) in [6, 6.07) is 13.7. The van der Waals surface area contributed by atoms with E-state index in [4.69, 9.17) is 19.6 Å². The molecule has 0 amide bonds. The maximum Gasteiger partial charge on any atom is 0.163 e. The van der Waals surface area contributed by atoms with Crippen LogP contribution in [0, 0.1) is 0 Å². The molecule has 0 atom stereocenters. The molecule has 4 aromatic rings. The maximum atomic E-state index is 5.50. The molecular weight excluding hydrogens is 356 g/mol. The molecule has 0 aliphatic carbocycles. The first kappa shape index (κ1) is 16.9. The van der Waals surface area contributed by atoms with Crippen LogP contribution in [0.1, 0.15) is 24.6 Å². The summed E-state index contributed by atoms with van der Waals surface area (Å²) in [5.41, 5.74) is 3.50. The van der Waals surface area contributed by atoms with Crippen LogP contribution in [0.4, 0.5) is 0 Å². The lowest BCUT2D eigenvalue weighted by molar-refractivity contribution is 0.0836. The molecule has 28 heavy (non-hydrogen) atoms. The van der Waals surface area contributed by atoms with E-state index in [0.717, 1.165) is 65.7 Å². The third kappa shape index (κ3) is 3.01. The average molecular weight is 376 g/mol. The van der Waals surface area contributed by atoms with Crippen molar-refractivity contribution in [3.8, 4) is 22.8 Å². The van der Waals surface area contributed by atoms with E-state index < -0.39 is 0 Å². The Morgan fingerprint density at radius 1 is 1.04 bits per heavy atom. The van der Waals surface area contributed by atoms with E-state index >= 15 is 0 Å². The lowest BCUT2D eigenvalue weighted by Crippen LogP contribution is -2.15. The van der Waals surface area contributed by atoms with E-state index in [9.17, 15) is 0 Å². The summed E-state index contributed by atoms with van der Waals surface area (Å²) in [6.07, 6.45) is 1.88. The first-order valence-electron chi connectivity index (χ1n) is 9.32. The van der Waals surface area contributed by atoms with Gasteiger partial charge in [-0.05, 0) is 55.3 Å². The summed E-state index contributed by atoms with van der Waals surface area (Å²) in [7, 11) is 1.66. The summed E-state index contributed by atoms with van der Waals surface area (Å²) < 4.78 is 12.7. The van der Waals surface area contributed by atoms with E-state index in [1.54, 1.807) is 7.11 Å². The summed E-state index contributed by atoms with van der Waals surface area (Å²) in [5, 5.41) is 15.9. The van der Waals surface area contributed by atoms with Crippen LogP contribution in [0.25, 0.3) is 28.1 Å². The zero-order chi connectivity index (χ0) is 18.9. The van der Waals surface area contributed by atoms with Crippen LogP contribution in [-0.4, -0.2) is 50.5 Å². The normalized spacial score (nSPS) is 15.2. The summed E-state index contributed by atoms with van der Waals surface area (Å²) >= 11 is 0. The van der Waals surface area contributed by atoms with E-state index in [-0.39, 0.29) is 0 Å². The van der Waals surface area contributed by atoms with Gasteiger partial charge in [-0.2, -0.15) is 20.5 Å². The molecule has 8 heteroatoms. The highest BCUT2D eigenvalue weighted by atomic mass is 16.5. The second kappa shape index (κ2) is 7.05. The van der Waals surface area contributed by atoms with Crippen molar-refractivity contribution in [2.24, 2.45) is 0 Å². The highest BCUT2D eigenvalue weighted by Crippen LogP contribution is 2.30. The van der Waals surface area contributed by atoms with Crippen LogP contribution < -0.4 is 4.74 Å². The van der Waals surface area contributed by atoms with Crippen LogP contribution in [0.5, 0.6) is 5.75 Å². The zero-order valence-electron chi connectivity index (χ0n) is 15.5. The number of nitrogens with one attached hydrogen (secondary N) is 1. The largest absolute Gasteiger partial charge is 0.497 e. The third-order valence-electron chi connectivity index (χ3n) is 5.10. The lowest BCUT2D eigenvalue weighted by atomic mass is 10.00. The van der Waals surface area contributed by atoms with Crippen molar-refractivity contribution < 1.29 is 9.47 Å². The van der Waals surface area contributed by atoms with Gasteiger partial charge in [0.2, 0.25) is 0 Å². The summed E-state index contributed by atoms with van der Waals surface area (Å²) in [5.74, 6) is 2.76. The molecular formula is C20H20N6O2. The molecule has 1 aliphatic rings. The number of rotatable bonds is 4. The Kier molecular flexibility index (Phi) is 4.25. The molecule has 0 bridgehead atoms. The molecule has 142 valence electrons. The number of hydrogen-bond donors (Lipinski definition) is 1. The highest BCUT2D eigenvalue weighted by Gasteiger charge is 2.23. The molecule has 1 aliphatic heterocycles. The lowest BCUT2D eigenvalue weighted by Gasteiger charge is -2.18. The SMILES string of the molecule is COc1ccc(-n2nc(C3CCOCC3)nc2-c2ccc3n[nH]nc3c2)cc1. The first-order valence-corrected chi connectivity index (χ1v) is 9.32. The minimum atomic E-state index is 0.308. The van der Waals surface area contributed by atoms with Gasteiger partial charge in [0.15, 0.2) is 11.6 Å². The maximum absolute atomic E-state index is 5.50. The molecule has 5 rings (SSSR count). The Bertz CT molecular complexity index is 1100. The van der Waals surface area contributed by atoms with Crippen LogP contribution in [-0.2, 0) is 4.74 Å². The van der Waals surface area contributed by atoms with Crippen molar-refractivity contribution >= 4 is 11.0 Å². The van der Waals surface area contributed by atoms with E-state index in [1.165, 1.54) is 0 Å². The Morgan fingerprint density at radius 2 is 1.82 bits per heavy atom. The van der Waals surface area contributed by atoms with Gasteiger partial charge in [-0.15, -0.1) is 0 Å². The Hall–Kier alpha value is -3.26. The summed E-state index contributed by atoms with van der Waals surface area (Å²) in [4.78, 5) is 4.92. The van der Waals surface area contributed by atoms with Gasteiger partial charge < -0.3 is 9.47 Å². The van der Waals surface area contributed by atoms with Crippen LogP contribution >= 0.6 is 0 Å². The van der Waals surface area contributed by atoms with Crippen LogP contribution in [0.2, 0.25) is 0 Å². The molecule has 8 nitrogen and oxygen atoms in total.